The predicted molar refractivity (Wildman–Crippen MR) is 105 cm³/mol. The second-order valence-electron chi connectivity index (χ2n) is 5.57. The van der Waals surface area contributed by atoms with Gasteiger partial charge in [-0.1, -0.05) is 30.3 Å². The van der Waals surface area contributed by atoms with Gasteiger partial charge in [0.2, 0.25) is 10.0 Å². The number of benzene rings is 1. The smallest absolute Gasteiger partial charge is 0.211 e. The number of rotatable bonds is 5. The van der Waals surface area contributed by atoms with Gasteiger partial charge < -0.3 is 10.6 Å². The first-order valence-electron chi connectivity index (χ1n) is 7.42. The van der Waals surface area contributed by atoms with Gasteiger partial charge in [-0.15, -0.1) is 24.0 Å². The van der Waals surface area contributed by atoms with E-state index in [1.165, 1.54) is 11.8 Å². The Labute approximate surface area is 155 Å². The molecule has 1 aromatic rings. The van der Waals surface area contributed by atoms with Crippen molar-refractivity contribution in [3.05, 3.63) is 35.9 Å². The van der Waals surface area contributed by atoms with Gasteiger partial charge in [-0.2, -0.15) is 0 Å². The van der Waals surface area contributed by atoms with Crippen molar-refractivity contribution in [3.63, 3.8) is 0 Å². The number of hydrogen-bond donors (Lipinski definition) is 2. The number of halogens is 1. The first kappa shape index (κ1) is 20.2. The van der Waals surface area contributed by atoms with Gasteiger partial charge in [0.1, 0.15) is 0 Å². The molecule has 0 aromatic heterocycles. The summed E-state index contributed by atoms with van der Waals surface area (Å²) in [5, 5.41) is 6.53. The molecule has 0 saturated carbocycles. The topological polar surface area (TPSA) is 73.8 Å². The summed E-state index contributed by atoms with van der Waals surface area (Å²) in [4.78, 5) is 4.19. The minimum atomic E-state index is -3.07. The predicted octanol–water partition coefficient (Wildman–Crippen LogP) is 1.25. The average molecular weight is 452 g/mol. The minimum absolute atomic E-state index is 0. The van der Waals surface area contributed by atoms with Gasteiger partial charge >= 0.3 is 0 Å². The molecule has 1 heterocycles. The molecule has 0 bridgehead atoms. The number of sulfonamides is 1. The third-order valence-corrected chi connectivity index (χ3v) is 5.07. The maximum absolute atomic E-state index is 11.5. The fraction of sp³-hybridized carbons (Fsp3) is 0.533. The standard InChI is InChI=1S/C15H24N4O2S.HI/c1-16-15(17-10-13-6-4-3-5-7-13)18-11-14-8-9-19(12-14)22(2,20)21;/h3-7,14H,8-12H2,1-2H3,(H2,16,17,18);1H. The maximum atomic E-state index is 11.5. The summed E-state index contributed by atoms with van der Waals surface area (Å²) in [7, 11) is -1.33. The molecule has 1 aromatic carbocycles. The molecule has 6 nitrogen and oxygen atoms in total. The zero-order valence-corrected chi connectivity index (χ0v) is 16.7. The molecular weight excluding hydrogens is 427 g/mol. The third kappa shape index (κ3) is 6.64. The highest BCUT2D eigenvalue weighted by Crippen LogP contribution is 2.17. The van der Waals surface area contributed by atoms with Gasteiger partial charge in [-0.3, -0.25) is 4.99 Å². The lowest BCUT2D eigenvalue weighted by Gasteiger charge is -2.16. The Kier molecular flexibility index (Phi) is 8.27. The lowest BCUT2D eigenvalue weighted by molar-refractivity contribution is 0.459. The van der Waals surface area contributed by atoms with E-state index in [1.54, 1.807) is 11.4 Å². The van der Waals surface area contributed by atoms with E-state index < -0.39 is 10.0 Å². The van der Waals surface area contributed by atoms with Gasteiger partial charge in [-0.25, -0.2) is 12.7 Å². The summed E-state index contributed by atoms with van der Waals surface area (Å²) in [5.41, 5.74) is 1.19. The van der Waals surface area contributed by atoms with Crippen LogP contribution in [-0.4, -0.2) is 51.6 Å². The van der Waals surface area contributed by atoms with Crippen molar-refractivity contribution in [2.24, 2.45) is 10.9 Å². The van der Waals surface area contributed by atoms with Crippen LogP contribution in [0.2, 0.25) is 0 Å². The van der Waals surface area contributed by atoms with Gasteiger partial charge in [0.25, 0.3) is 0 Å². The van der Waals surface area contributed by atoms with Crippen molar-refractivity contribution < 1.29 is 8.42 Å². The number of nitrogens with one attached hydrogen (secondary N) is 2. The van der Waals surface area contributed by atoms with E-state index in [2.05, 4.69) is 27.8 Å². The Hall–Kier alpha value is -0.870. The zero-order valence-electron chi connectivity index (χ0n) is 13.5. The van der Waals surface area contributed by atoms with E-state index in [0.717, 1.165) is 18.9 Å². The van der Waals surface area contributed by atoms with Gasteiger partial charge in [0.05, 0.1) is 6.26 Å². The highest BCUT2D eigenvalue weighted by molar-refractivity contribution is 14.0. The van der Waals surface area contributed by atoms with Gasteiger partial charge in [0, 0.05) is 33.2 Å². The summed E-state index contributed by atoms with van der Waals surface area (Å²) in [5.74, 6) is 1.06. The molecule has 0 radical (unpaired) electrons. The third-order valence-electron chi connectivity index (χ3n) is 3.80. The summed E-state index contributed by atoms with van der Waals surface area (Å²) in [6.07, 6.45) is 2.15. The molecule has 1 fully saturated rings. The molecule has 130 valence electrons. The molecule has 1 atom stereocenters. The molecule has 0 spiro atoms. The molecule has 0 amide bonds. The maximum Gasteiger partial charge on any atom is 0.211 e. The average Bonchev–Trinajstić information content (AvgIpc) is 2.97. The van der Waals surface area contributed by atoms with Crippen LogP contribution in [0.25, 0.3) is 0 Å². The number of guanidine groups is 1. The first-order valence-corrected chi connectivity index (χ1v) is 9.27. The fourth-order valence-corrected chi connectivity index (χ4v) is 3.43. The number of hydrogen-bond acceptors (Lipinski definition) is 3. The first-order chi connectivity index (χ1) is 10.5. The molecule has 1 saturated heterocycles. The van der Waals surface area contributed by atoms with E-state index in [0.29, 0.717) is 25.6 Å². The zero-order chi connectivity index (χ0) is 16.0. The summed E-state index contributed by atoms with van der Waals surface area (Å²) < 4.78 is 24.5. The largest absolute Gasteiger partial charge is 0.356 e. The second-order valence-corrected chi connectivity index (χ2v) is 7.55. The molecule has 0 aliphatic carbocycles. The van der Waals surface area contributed by atoms with Gasteiger partial charge in [0.15, 0.2) is 5.96 Å². The van der Waals surface area contributed by atoms with Crippen LogP contribution < -0.4 is 10.6 Å². The monoisotopic (exact) mass is 452 g/mol. The fourth-order valence-electron chi connectivity index (χ4n) is 2.51. The van der Waals surface area contributed by atoms with Crippen LogP contribution >= 0.6 is 24.0 Å². The quantitative estimate of drug-likeness (QED) is 0.401. The number of aliphatic imine (C=N–C) groups is 1. The Balaban J connectivity index is 0.00000264. The highest BCUT2D eigenvalue weighted by atomic mass is 127. The van der Waals surface area contributed by atoms with Crippen molar-refractivity contribution >= 4 is 40.0 Å². The van der Waals surface area contributed by atoms with Crippen LogP contribution in [0.5, 0.6) is 0 Å². The van der Waals surface area contributed by atoms with Crippen LogP contribution in [-0.2, 0) is 16.6 Å². The molecule has 2 N–H and O–H groups in total. The van der Waals surface area contributed by atoms with Crippen molar-refractivity contribution in [2.45, 2.75) is 13.0 Å². The second kappa shape index (κ2) is 9.43. The highest BCUT2D eigenvalue weighted by Gasteiger charge is 2.28. The summed E-state index contributed by atoms with van der Waals surface area (Å²) in [6, 6.07) is 10.1. The lowest BCUT2D eigenvalue weighted by Crippen LogP contribution is -2.40. The van der Waals surface area contributed by atoms with Crippen LogP contribution in [0.15, 0.2) is 35.3 Å². The van der Waals surface area contributed by atoms with Crippen LogP contribution in [0, 0.1) is 5.92 Å². The molecular formula is C15H25IN4O2S. The Bertz CT molecular complexity index is 607. The summed E-state index contributed by atoms with van der Waals surface area (Å²) >= 11 is 0. The van der Waals surface area contributed by atoms with E-state index >= 15 is 0 Å². The van der Waals surface area contributed by atoms with E-state index in [-0.39, 0.29) is 24.0 Å². The molecule has 1 aliphatic rings. The molecule has 23 heavy (non-hydrogen) atoms. The molecule has 2 rings (SSSR count). The molecule has 8 heteroatoms. The van der Waals surface area contributed by atoms with Crippen LogP contribution in [0.3, 0.4) is 0 Å². The minimum Gasteiger partial charge on any atom is -0.356 e. The molecule has 1 unspecified atom stereocenters. The Morgan fingerprint density at radius 2 is 2.00 bits per heavy atom. The molecule has 1 aliphatic heterocycles. The Morgan fingerprint density at radius 3 is 2.57 bits per heavy atom. The van der Waals surface area contributed by atoms with Crippen LogP contribution in [0.1, 0.15) is 12.0 Å². The van der Waals surface area contributed by atoms with Crippen molar-refractivity contribution in [1.29, 1.82) is 0 Å². The lowest BCUT2D eigenvalue weighted by atomic mass is 10.1. The normalized spacial score (nSPS) is 19.2. The van der Waals surface area contributed by atoms with Crippen molar-refractivity contribution in [1.82, 2.24) is 14.9 Å². The van der Waals surface area contributed by atoms with Gasteiger partial charge in [-0.05, 0) is 17.9 Å². The van der Waals surface area contributed by atoms with E-state index in [4.69, 9.17) is 0 Å². The van der Waals surface area contributed by atoms with E-state index in [1.807, 2.05) is 18.2 Å². The van der Waals surface area contributed by atoms with Crippen molar-refractivity contribution in [2.75, 3.05) is 32.9 Å². The SMILES string of the molecule is CN=C(NCc1ccccc1)NCC1CCN(S(C)(=O)=O)C1.I. The van der Waals surface area contributed by atoms with Crippen molar-refractivity contribution in [3.8, 4) is 0 Å². The number of nitrogens with zero attached hydrogens (tertiary/aromatic N) is 2. The Morgan fingerprint density at radius 1 is 1.30 bits per heavy atom. The van der Waals surface area contributed by atoms with Crippen LogP contribution in [0.4, 0.5) is 0 Å². The van der Waals surface area contributed by atoms with E-state index in [9.17, 15) is 8.42 Å². The summed E-state index contributed by atoms with van der Waals surface area (Å²) in [6.45, 7) is 2.63.